The van der Waals surface area contributed by atoms with E-state index in [2.05, 4.69) is 24.8 Å². The Morgan fingerprint density at radius 1 is 1.16 bits per heavy atom. The zero-order chi connectivity index (χ0) is 13.0. The van der Waals surface area contributed by atoms with E-state index >= 15 is 0 Å². The van der Waals surface area contributed by atoms with Crippen molar-refractivity contribution in [2.24, 2.45) is 0 Å². The van der Waals surface area contributed by atoms with Gasteiger partial charge in [-0.1, -0.05) is 19.9 Å². The molecule has 1 N–H and O–H groups in total. The standard InChI is InChI=1S/C16H25NO.BrH/c1-3-9-17(10-4-2)15-7-5-13-6-8-16(18)12-14(13)11-15;/h6,8,12,15,18H,3-5,7,9-11H2,1-2H3;1H/t15-;/m1./s1. The van der Waals surface area contributed by atoms with E-state index in [1.165, 1.54) is 43.5 Å². The number of aryl methyl sites for hydroxylation is 1. The van der Waals surface area contributed by atoms with Gasteiger partial charge in [-0.15, -0.1) is 17.0 Å². The molecule has 108 valence electrons. The Labute approximate surface area is 127 Å². The Hall–Kier alpha value is -0.540. The maximum Gasteiger partial charge on any atom is 0.115 e. The van der Waals surface area contributed by atoms with Crippen LogP contribution in [0.3, 0.4) is 0 Å². The highest BCUT2D eigenvalue weighted by Crippen LogP contribution is 2.27. The first-order chi connectivity index (χ1) is 8.74. The molecular weight excluding hydrogens is 302 g/mol. The number of rotatable bonds is 5. The minimum atomic E-state index is 0. The van der Waals surface area contributed by atoms with Gasteiger partial charge in [0.05, 0.1) is 0 Å². The van der Waals surface area contributed by atoms with E-state index in [1.807, 2.05) is 12.1 Å². The van der Waals surface area contributed by atoms with Crippen molar-refractivity contribution in [2.75, 3.05) is 13.1 Å². The average molecular weight is 328 g/mol. The fourth-order valence-corrected chi connectivity index (χ4v) is 3.09. The van der Waals surface area contributed by atoms with Gasteiger partial charge in [-0.05, 0) is 68.5 Å². The number of halogens is 1. The maximum atomic E-state index is 9.61. The molecule has 2 nitrogen and oxygen atoms in total. The van der Waals surface area contributed by atoms with E-state index in [4.69, 9.17) is 0 Å². The summed E-state index contributed by atoms with van der Waals surface area (Å²) in [5.41, 5.74) is 2.78. The summed E-state index contributed by atoms with van der Waals surface area (Å²) < 4.78 is 0. The van der Waals surface area contributed by atoms with Crippen LogP contribution >= 0.6 is 17.0 Å². The topological polar surface area (TPSA) is 23.5 Å². The van der Waals surface area contributed by atoms with Crippen molar-refractivity contribution in [1.82, 2.24) is 4.90 Å². The van der Waals surface area contributed by atoms with E-state index in [-0.39, 0.29) is 17.0 Å². The maximum absolute atomic E-state index is 9.61. The summed E-state index contributed by atoms with van der Waals surface area (Å²) in [4.78, 5) is 2.63. The number of benzene rings is 1. The van der Waals surface area contributed by atoms with Crippen LogP contribution in [0.5, 0.6) is 5.75 Å². The number of phenolic OH excluding ortho intramolecular Hbond substituents is 1. The summed E-state index contributed by atoms with van der Waals surface area (Å²) in [6.45, 7) is 6.91. The van der Waals surface area contributed by atoms with Crippen molar-refractivity contribution in [1.29, 1.82) is 0 Å². The molecule has 1 aliphatic carbocycles. The first kappa shape index (κ1) is 16.5. The highest BCUT2D eigenvalue weighted by molar-refractivity contribution is 8.93. The number of fused-ring (bicyclic) bond motifs is 1. The smallest absolute Gasteiger partial charge is 0.115 e. The second-order valence-electron chi connectivity index (χ2n) is 5.39. The van der Waals surface area contributed by atoms with Gasteiger partial charge in [0, 0.05) is 6.04 Å². The lowest BCUT2D eigenvalue weighted by Gasteiger charge is -2.35. The van der Waals surface area contributed by atoms with Crippen molar-refractivity contribution < 1.29 is 5.11 Å². The van der Waals surface area contributed by atoms with Crippen LogP contribution in [0.25, 0.3) is 0 Å². The third kappa shape index (κ3) is 4.22. The van der Waals surface area contributed by atoms with Gasteiger partial charge in [-0.25, -0.2) is 0 Å². The van der Waals surface area contributed by atoms with Gasteiger partial charge < -0.3 is 10.0 Å². The van der Waals surface area contributed by atoms with E-state index in [1.54, 1.807) is 0 Å². The summed E-state index contributed by atoms with van der Waals surface area (Å²) in [5, 5.41) is 9.61. The molecule has 2 rings (SSSR count). The molecule has 1 aliphatic rings. The predicted molar refractivity (Wildman–Crippen MR) is 86.4 cm³/mol. The third-order valence-electron chi connectivity index (χ3n) is 3.93. The number of hydrogen-bond acceptors (Lipinski definition) is 2. The van der Waals surface area contributed by atoms with Gasteiger partial charge in [0.2, 0.25) is 0 Å². The zero-order valence-corrected chi connectivity index (χ0v) is 13.8. The normalized spacial score (nSPS) is 17.9. The van der Waals surface area contributed by atoms with Crippen molar-refractivity contribution in [3.05, 3.63) is 29.3 Å². The summed E-state index contributed by atoms with van der Waals surface area (Å²) >= 11 is 0. The van der Waals surface area contributed by atoms with Crippen LogP contribution in [0.1, 0.15) is 44.2 Å². The molecule has 0 saturated heterocycles. The summed E-state index contributed by atoms with van der Waals surface area (Å²) in [6.07, 6.45) is 5.97. The molecule has 19 heavy (non-hydrogen) atoms. The summed E-state index contributed by atoms with van der Waals surface area (Å²) in [5.74, 6) is 0.409. The van der Waals surface area contributed by atoms with Gasteiger partial charge in [0.15, 0.2) is 0 Å². The predicted octanol–water partition coefficient (Wildman–Crippen LogP) is 3.95. The molecule has 0 amide bonds. The minimum Gasteiger partial charge on any atom is -0.508 e. The largest absolute Gasteiger partial charge is 0.508 e. The highest BCUT2D eigenvalue weighted by atomic mass is 79.9. The molecule has 1 aromatic carbocycles. The summed E-state index contributed by atoms with van der Waals surface area (Å²) in [7, 11) is 0. The van der Waals surface area contributed by atoms with Crippen molar-refractivity contribution in [3.8, 4) is 5.75 Å². The van der Waals surface area contributed by atoms with Crippen LogP contribution in [-0.4, -0.2) is 29.1 Å². The Kier molecular flexibility index (Phi) is 6.87. The number of hydrogen-bond donors (Lipinski definition) is 1. The lowest BCUT2D eigenvalue weighted by atomic mass is 9.87. The molecule has 0 radical (unpaired) electrons. The number of phenols is 1. The van der Waals surface area contributed by atoms with Crippen molar-refractivity contribution in [3.63, 3.8) is 0 Å². The molecule has 0 saturated carbocycles. The van der Waals surface area contributed by atoms with E-state index in [9.17, 15) is 5.11 Å². The zero-order valence-electron chi connectivity index (χ0n) is 12.1. The Morgan fingerprint density at radius 2 is 1.84 bits per heavy atom. The van der Waals surface area contributed by atoms with Crippen molar-refractivity contribution in [2.45, 2.75) is 52.0 Å². The molecule has 0 spiro atoms. The van der Waals surface area contributed by atoms with Crippen LogP contribution in [0.15, 0.2) is 18.2 Å². The fourth-order valence-electron chi connectivity index (χ4n) is 3.09. The van der Waals surface area contributed by atoms with E-state index < -0.39 is 0 Å². The molecule has 0 aromatic heterocycles. The number of nitrogens with zero attached hydrogens (tertiary/aromatic N) is 1. The molecule has 0 bridgehead atoms. The van der Waals surface area contributed by atoms with Crippen LogP contribution in [0.2, 0.25) is 0 Å². The fraction of sp³-hybridized carbons (Fsp3) is 0.625. The minimum absolute atomic E-state index is 0. The van der Waals surface area contributed by atoms with Crippen LogP contribution < -0.4 is 0 Å². The molecular formula is C16H26BrNO. The molecule has 0 aliphatic heterocycles. The lowest BCUT2D eigenvalue weighted by Crippen LogP contribution is -2.40. The number of aromatic hydroxyl groups is 1. The van der Waals surface area contributed by atoms with Gasteiger partial charge in [-0.2, -0.15) is 0 Å². The Balaban J connectivity index is 0.00000180. The SMILES string of the molecule is Br.CCCN(CCC)[C@@H]1CCc2ccc(O)cc2C1. The van der Waals surface area contributed by atoms with Crippen LogP contribution in [0, 0.1) is 0 Å². The van der Waals surface area contributed by atoms with Crippen molar-refractivity contribution >= 4 is 17.0 Å². The molecule has 0 heterocycles. The molecule has 3 heteroatoms. The van der Waals surface area contributed by atoms with Gasteiger partial charge in [-0.3, -0.25) is 0 Å². The molecule has 1 atom stereocenters. The van der Waals surface area contributed by atoms with Gasteiger partial charge in [0.1, 0.15) is 5.75 Å². The van der Waals surface area contributed by atoms with E-state index in [0.717, 1.165) is 12.8 Å². The van der Waals surface area contributed by atoms with E-state index in [0.29, 0.717) is 11.8 Å². The quantitative estimate of drug-likeness (QED) is 0.885. The first-order valence-corrected chi connectivity index (χ1v) is 7.29. The average Bonchev–Trinajstić information content (AvgIpc) is 2.37. The van der Waals surface area contributed by atoms with Gasteiger partial charge in [0.25, 0.3) is 0 Å². The Bertz CT molecular complexity index is 388. The Morgan fingerprint density at radius 3 is 2.47 bits per heavy atom. The monoisotopic (exact) mass is 327 g/mol. The third-order valence-corrected chi connectivity index (χ3v) is 3.93. The second-order valence-corrected chi connectivity index (χ2v) is 5.39. The first-order valence-electron chi connectivity index (χ1n) is 7.29. The molecule has 0 unspecified atom stereocenters. The summed E-state index contributed by atoms with van der Waals surface area (Å²) in [6, 6.07) is 6.52. The lowest BCUT2D eigenvalue weighted by molar-refractivity contribution is 0.180. The highest BCUT2D eigenvalue weighted by Gasteiger charge is 2.23. The second kappa shape index (κ2) is 7.91. The van der Waals surface area contributed by atoms with Crippen LogP contribution in [-0.2, 0) is 12.8 Å². The molecule has 0 fully saturated rings. The molecule has 1 aromatic rings. The van der Waals surface area contributed by atoms with Gasteiger partial charge >= 0.3 is 0 Å². The van der Waals surface area contributed by atoms with Crippen LogP contribution in [0.4, 0.5) is 0 Å².